The SMILES string of the molecule is C.COC(=O)[C@@H](NCCc1cccs1)c1ccccc1Cl.COC(=O)[C@@H](c1ccccc1Cl)N1CCc2sccc2C1.O=S(=O)(O)O. The average molecular weight is 746 g/mol. The number of thiophene rings is 2. The van der Waals surface area contributed by atoms with Gasteiger partial charge in [0, 0.05) is 39.4 Å². The molecule has 256 valence electrons. The molecule has 2 aromatic carbocycles. The maximum absolute atomic E-state index is 12.3. The summed E-state index contributed by atoms with van der Waals surface area (Å²) in [6, 6.07) is 20.0. The Labute approximate surface area is 293 Å². The van der Waals surface area contributed by atoms with Gasteiger partial charge in [0.15, 0.2) is 0 Å². The molecular formula is C32H38Cl2N2O8S3. The van der Waals surface area contributed by atoms with Crippen molar-refractivity contribution < 1.29 is 36.6 Å². The number of benzene rings is 2. The zero-order valence-electron chi connectivity index (χ0n) is 25.0. The molecule has 0 saturated heterocycles. The van der Waals surface area contributed by atoms with Crippen LogP contribution in [0.4, 0.5) is 0 Å². The summed E-state index contributed by atoms with van der Waals surface area (Å²) in [6.07, 6.45) is 1.83. The molecule has 0 spiro atoms. The zero-order valence-corrected chi connectivity index (χ0v) is 28.9. The van der Waals surface area contributed by atoms with Crippen molar-refractivity contribution in [3.63, 3.8) is 0 Å². The lowest BCUT2D eigenvalue weighted by atomic mass is 10.0. The Kier molecular flexibility index (Phi) is 17.0. The van der Waals surface area contributed by atoms with Crippen molar-refractivity contribution in [3.05, 3.63) is 114 Å². The largest absolute Gasteiger partial charge is 0.468 e. The van der Waals surface area contributed by atoms with Crippen molar-refractivity contribution in [2.24, 2.45) is 0 Å². The molecule has 0 bridgehead atoms. The molecule has 4 aromatic rings. The van der Waals surface area contributed by atoms with Crippen LogP contribution < -0.4 is 5.32 Å². The zero-order chi connectivity index (χ0) is 33.7. The van der Waals surface area contributed by atoms with Crippen LogP contribution in [0.3, 0.4) is 0 Å². The van der Waals surface area contributed by atoms with Crippen LogP contribution in [-0.4, -0.2) is 61.7 Å². The van der Waals surface area contributed by atoms with E-state index >= 15 is 0 Å². The number of hydrogen-bond donors (Lipinski definition) is 3. The Balaban J connectivity index is 0.000000281. The number of carbonyl (C=O) groups is 2. The summed E-state index contributed by atoms with van der Waals surface area (Å²) in [5, 5.41) is 8.53. The van der Waals surface area contributed by atoms with Gasteiger partial charge in [-0.3, -0.25) is 14.0 Å². The standard InChI is InChI=1S/C16H16ClNO2S.C15H16ClNO2S.CH4.H2O4S/c1-20-16(19)15(12-4-2-3-5-13(12)17)18-8-6-14-11(10-18)7-9-21-14;1-19-15(18)14(12-6-2-3-7-13(12)16)17-9-8-11-5-4-10-20-11;;1-5(2,3)4/h2-5,7,9,15H,6,8,10H2,1H3;2-7,10,14,17H,8-9H2,1H3;1H4;(H2,1,2,3,4)/t15-;14-;;/m10../s1. The van der Waals surface area contributed by atoms with Crippen molar-refractivity contribution in [1.82, 2.24) is 10.2 Å². The van der Waals surface area contributed by atoms with Crippen LogP contribution in [0.25, 0.3) is 0 Å². The van der Waals surface area contributed by atoms with Gasteiger partial charge in [0.1, 0.15) is 12.1 Å². The monoisotopic (exact) mass is 744 g/mol. The smallest absolute Gasteiger partial charge is 0.394 e. The molecule has 0 unspecified atom stereocenters. The molecule has 2 atom stereocenters. The van der Waals surface area contributed by atoms with Gasteiger partial charge in [-0.05, 0) is 64.6 Å². The van der Waals surface area contributed by atoms with Crippen molar-refractivity contribution in [2.45, 2.75) is 38.9 Å². The second-order valence-electron chi connectivity index (χ2n) is 9.75. The second kappa shape index (κ2) is 19.8. The third-order valence-corrected chi connectivity index (χ3v) is 9.43. The predicted octanol–water partition coefficient (Wildman–Crippen LogP) is 7.11. The molecule has 0 saturated carbocycles. The summed E-state index contributed by atoms with van der Waals surface area (Å²) in [5.41, 5.74) is 2.85. The number of esters is 2. The number of methoxy groups -OCH3 is 2. The summed E-state index contributed by atoms with van der Waals surface area (Å²) >= 11 is 15.9. The summed E-state index contributed by atoms with van der Waals surface area (Å²) in [5.74, 6) is -0.592. The van der Waals surface area contributed by atoms with Crippen LogP contribution >= 0.6 is 45.9 Å². The molecule has 0 radical (unpaired) electrons. The van der Waals surface area contributed by atoms with Crippen molar-refractivity contribution >= 4 is 68.2 Å². The van der Waals surface area contributed by atoms with E-state index in [9.17, 15) is 9.59 Å². The van der Waals surface area contributed by atoms with Gasteiger partial charge >= 0.3 is 22.3 Å². The lowest BCUT2D eigenvalue weighted by molar-refractivity contribution is -0.148. The lowest BCUT2D eigenvalue weighted by Crippen LogP contribution is -2.38. The van der Waals surface area contributed by atoms with Gasteiger partial charge in [0.2, 0.25) is 0 Å². The number of hydrogen-bond acceptors (Lipinski definition) is 10. The first-order valence-corrected chi connectivity index (χ1v) is 17.7. The number of nitrogens with one attached hydrogen (secondary N) is 1. The minimum atomic E-state index is -4.67. The molecule has 0 aliphatic carbocycles. The van der Waals surface area contributed by atoms with E-state index in [4.69, 9.17) is 50.2 Å². The van der Waals surface area contributed by atoms with Crippen LogP contribution in [0.2, 0.25) is 10.0 Å². The summed E-state index contributed by atoms with van der Waals surface area (Å²) in [4.78, 5) is 29.0. The van der Waals surface area contributed by atoms with E-state index in [1.807, 2.05) is 53.9 Å². The van der Waals surface area contributed by atoms with Crippen LogP contribution in [0.1, 0.15) is 46.0 Å². The van der Waals surface area contributed by atoms with Crippen molar-refractivity contribution in [2.75, 3.05) is 27.3 Å². The first-order valence-electron chi connectivity index (χ1n) is 13.8. The van der Waals surface area contributed by atoms with E-state index in [-0.39, 0.29) is 19.4 Å². The minimum Gasteiger partial charge on any atom is -0.468 e. The molecule has 1 aliphatic heterocycles. The number of ether oxygens (including phenoxy) is 2. The van der Waals surface area contributed by atoms with E-state index in [0.29, 0.717) is 16.6 Å². The van der Waals surface area contributed by atoms with Gasteiger partial charge in [-0.1, -0.05) is 73.1 Å². The maximum Gasteiger partial charge on any atom is 0.394 e. The molecule has 3 heterocycles. The highest BCUT2D eigenvalue weighted by atomic mass is 35.5. The first kappa shape index (κ1) is 40.3. The Bertz CT molecular complexity index is 1660. The van der Waals surface area contributed by atoms with Crippen molar-refractivity contribution in [1.29, 1.82) is 0 Å². The Morgan fingerprint density at radius 3 is 2.04 bits per heavy atom. The summed E-state index contributed by atoms with van der Waals surface area (Å²) in [7, 11) is -1.86. The van der Waals surface area contributed by atoms with Gasteiger partial charge in [-0.25, -0.2) is 9.59 Å². The van der Waals surface area contributed by atoms with E-state index in [1.54, 1.807) is 28.7 Å². The van der Waals surface area contributed by atoms with E-state index in [1.165, 1.54) is 29.5 Å². The van der Waals surface area contributed by atoms with Gasteiger partial charge in [0.25, 0.3) is 0 Å². The van der Waals surface area contributed by atoms with E-state index < -0.39 is 22.5 Å². The molecule has 1 aliphatic rings. The quantitative estimate of drug-likeness (QED) is 0.120. The lowest BCUT2D eigenvalue weighted by Gasteiger charge is -2.33. The molecule has 3 N–H and O–H groups in total. The van der Waals surface area contributed by atoms with Gasteiger partial charge < -0.3 is 14.8 Å². The van der Waals surface area contributed by atoms with Crippen LogP contribution in [0.5, 0.6) is 0 Å². The first-order chi connectivity index (χ1) is 21.9. The normalized spacial score (nSPS) is 13.7. The predicted molar refractivity (Wildman–Crippen MR) is 188 cm³/mol. The molecule has 10 nitrogen and oxygen atoms in total. The minimum absolute atomic E-state index is 0. The van der Waals surface area contributed by atoms with Crippen LogP contribution in [0.15, 0.2) is 77.5 Å². The Morgan fingerprint density at radius 1 is 0.894 bits per heavy atom. The Morgan fingerprint density at radius 2 is 1.49 bits per heavy atom. The number of carbonyl (C=O) groups excluding carboxylic acids is 2. The molecule has 2 aromatic heterocycles. The number of rotatable bonds is 9. The molecular weight excluding hydrogens is 707 g/mol. The molecule has 5 rings (SSSR count). The highest BCUT2D eigenvalue weighted by Crippen LogP contribution is 2.34. The fourth-order valence-electron chi connectivity index (χ4n) is 4.71. The third kappa shape index (κ3) is 12.9. The van der Waals surface area contributed by atoms with E-state index in [0.717, 1.165) is 37.1 Å². The highest BCUT2D eigenvalue weighted by Gasteiger charge is 2.32. The van der Waals surface area contributed by atoms with Crippen LogP contribution in [-0.2, 0) is 48.8 Å². The Hall–Kier alpha value is -2.85. The highest BCUT2D eigenvalue weighted by molar-refractivity contribution is 7.79. The van der Waals surface area contributed by atoms with Gasteiger partial charge in [0.05, 0.1) is 14.2 Å². The maximum atomic E-state index is 12.3. The molecule has 0 fully saturated rings. The fourth-order valence-corrected chi connectivity index (χ4v) is 6.80. The number of fused-ring (bicyclic) bond motifs is 1. The molecule has 15 heteroatoms. The molecule has 0 amide bonds. The topological polar surface area (TPSA) is 142 Å². The van der Waals surface area contributed by atoms with E-state index in [2.05, 4.69) is 27.7 Å². The second-order valence-corrected chi connectivity index (χ2v) is 13.5. The third-order valence-electron chi connectivity index (χ3n) is 6.78. The summed E-state index contributed by atoms with van der Waals surface area (Å²) < 4.78 is 41.4. The number of halogens is 2. The van der Waals surface area contributed by atoms with Crippen LogP contribution in [0, 0.1) is 0 Å². The number of nitrogens with zero attached hydrogens (tertiary/aromatic N) is 1. The van der Waals surface area contributed by atoms with Crippen molar-refractivity contribution in [3.8, 4) is 0 Å². The fraction of sp³-hybridized carbons (Fsp3) is 0.312. The average Bonchev–Trinajstić information content (AvgIpc) is 3.72. The van der Waals surface area contributed by atoms with Gasteiger partial charge in [-0.2, -0.15) is 8.42 Å². The van der Waals surface area contributed by atoms with Gasteiger partial charge in [-0.15, -0.1) is 22.7 Å². The summed E-state index contributed by atoms with van der Waals surface area (Å²) in [6.45, 7) is 2.27. The molecule has 47 heavy (non-hydrogen) atoms.